The predicted molar refractivity (Wildman–Crippen MR) is 127 cm³/mol. The van der Waals surface area contributed by atoms with Crippen molar-refractivity contribution in [3.05, 3.63) is 59.7 Å². The van der Waals surface area contributed by atoms with Gasteiger partial charge in [0.25, 0.3) is 0 Å². The molecule has 1 aliphatic heterocycles. The summed E-state index contributed by atoms with van der Waals surface area (Å²) >= 11 is 0. The van der Waals surface area contributed by atoms with E-state index in [1.807, 2.05) is 30.3 Å². The van der Waals surface area contributed by atoms with Crippen molar-refractivity contribution in [2.45, 2.75) is 68.8 Å². The SMILES string of the molecule is CC1CCC(NC(=O)[C@@H](Cc2ccccc2)NS(=O)(=O)c2ccc3c(c2)CCC(=O)N3)CC1. The monoisotopic (exact) mass is 469 g/mol. The number of amides is 2. The van der Waals surface area contributed by atoms with Crippen LogP contribution in [0.3, 0.4) is 0 Å². The number of aryl methyl sites for hydroxylation is 1. The van der Waals surface area contributed by atoms with Crippen molar-refractivity contribution >= 4 is 27.5 Å². The molecule has 2 aromatic rings. The number of carbonyl (C=O) groups is 2. The number of carbonyl (C=O) groups excluding carboxylic acids is 2. The molecule has 8 heteroatoms. The largest absolute Gasteiger partial charge is 0.352 e. The molecule has 0 unspecified atom stereocenters. The van der Waals surface area contributed by atoms with Crippen LogP contribution in [0, 0.1) is 5.92 Å². The van der Waals surface area contributed by atoms with Crippen molar-refractivity contribution in [3.63, 3.8) is 0 Å². The first-order chi connectivity index (χ1) is 15.8. The van der Waals surface area contributed by atoms with Gasteiger partial charge in [0, 0.05) is 18.2 Å². The summed E-state index contributed by atoms with van der Waals surface area (Å²) in [4.78, 5) is 24.9. The molecule has 1 atom stereocenters. The van der Waals surface area contributed by atoms with Gasteiger partial charge in [0.1, 0.15) is 6.04 Å². The Morgan fingerprint density at radius 2 is 1.79 bits per heavy atom. The average Bonchev–Trinajstić information content (AvgIpc) is 2.80. The maximum absolute atomic E-state index is 13.2. The molecule has 1 aliphatic carbocycles. The van der Waals surface area contributed by atoms with E-state index in [0.29, 0.717) is 24.4 Å². The topological polar surface area (TPSA) is 104 Å². The fraction of sp³-hybridized carbons (Fsp3) is 0.440. The van der Waals surface area contributed by atoms with Crippen LogP contribution in [0.1, 0.15) is 50.2 Å². The van der Waals surface area contributed by atoms with Gasteiger partial charge in [0.2, 0.25) is 21.8 Å². The molecule has 4 rings (SSSR count). The summed E-state index contributed by atoms with van der Waals surface area (Å²) in [6.07, 6.45) is 5.01. The number of hydrogen-bond donors (Lipinski definition) is 3. The highest BCUT2D eigenvalue weighted by molar-refractivity contribution is 7.89. The van der Waals surface area contributed by atoms with Gasteiger partial charge >= 0.3 is 0 Å². The molecular formula is C25H31N3O4S. The Hall–Kier alpha value is -2.71. The molecule has 0 saturated heterocycles. The lowest BCUT2D eigenvalue weighted by Crippen LogP contribution is -2.51. The van der Waals surface area contributed by atoms with Gasteiger partial charge < -0.3 is 10.6 Å². The Morgan fingerprint density at radius 1 is 1.06 bits per heavy atom. The predicted octanol–water partition coefficient (Wildman–Crippen LogP) is 3.16. The minimum absolute atomic E-state index is 0.0730. The zero-order valence-corrected chi connectivity index (χ0v) is 19.7. The van der Waals surface area contributed by atoms with E-state index in [1.54, 1.807) is 12.1 Å². The summed E-state index contributed by atoms with van der Waals surface area (Å²) in [6, 6.07) is 13.2. The summed E-state index contributed by atoms with van der Waals surface area (Å²) in [5.41, 5.74) is 2.29. The van der Waals surface area contributed by atoms with Gasteiger partial charge in [-0.25, -0.2) is 8.42 Å². The number of benzene rings is 2. The molecular weight excluding hydrogens is 438 g/mol. The van der Waals surface area contributed by atoms with Crippen LogP contribution in [0.4, 0.5) is 5.69 Å². The third-order valence-corrected chi connectivity index (χ3v) is 8.01. The fourth-order valence-corrected chi connectivity index (χ4v) is 5.77. The van der Waals surface area contributed by atoms with Crippen LogP contribution in [0.2, 0.25) is 0 Å². The van der Waals surface area contributed by atoms with E-state index < -0.39 is 16.1 Å². The summed E-state index contributed by atoms with van der Waals surface area (Å²) in [7, 11) is -3.94. The first-order valence-electron chi connectivity index (χ1n) is 11.6. The third kappa shape index (κ3) is 6.00. The lowest BCUT2D eigenvalue weighted by atomic mass is 9.87. The highest BCUT2D eigenvalue weighted by Crippen LogP contribution is 2.26. The van der Waals surface area contributed by atoms with E-state index >= 15 is 0 Å². The first kappa shape index (κ1) is 23.4. The summed E-state index contributed by atoms with van der Waals surface area (Å²) in [5.74, 6) is 0.283. The summed E-state index contributed by atoms with van der Waals surface area (Å²) < 4.78 is 29.1. The molecule has 2 amide bonds. The Kier molecular flexibility index (Phi) is 7.14. The van der Waals surface area contributed by atoms with Gasteiger partial charge in [-0.15, -0.1) is 0 Å². The molecule has 0 radical (unpaired) electrons. The average molecular weight is 470 g/mol. The fourth-order valence-electron chi connectivity index (χ4n) is 4.53. The number of rotatable bonds is 7. The molecule has 0 bridgehead atoms. The smallest absolute Gasteiger partial charge is 0.241 e. The van der Waals surface area contributed by atoms with Crippen LogP contribution in [0.5, 0.6) is 0 Å². The first-order valence-corrected chi connectivity index (χ1v) is 13.1. The molecule has 2 aromatic carbocycles. The van der Waals surface area contributed by atoms with Crippen LogP contribution >= 0.6 is 0 Å². The number of sulfonamides is 1. The van der Waals surface area contributed by atoms with Crippen molar-refractivity contribution in [2.24, 2.45) is 5.92 Å². The number of hydrogen-bond acceptors (Lipinski definition) is 4. The van der Waals surface area contributed by atoms with Crippen molar-refractivity contribution in [1.29, 1.82) is 0 Å². The van der Waals surface area contributed by atoms with Gasteiger partial charge in [-0.2, -0.15) is 4.72 Å². The van der Waals surface area contributed by atoms with E-state index in [2.05, 4.69) is 22.3 Å². The van der Waals surface area contributed by atoms with Gasteiger partial charge in [0.15, 0.2) is 0 Å². The van der Waals surface area contributed by atoms with Crippen molar-refractivity contribution in [2.75, 3.05) is 5.32 Å². The van der Waals surface area contributed by atoms with Crippen molar-refractivity contribution in [3.8, 4) is 0 Å². The second-order valence-corrected chi connectivity index (χ2v) is 10.9. The number of anilines is 1. The normalized spacial score (nSPS) is 21.5. The molecule has 3 N–H and O–H groups in total. The third-order valence-electron chi connectivity index (χ3n) is 6.54. The van der Waals surface area contributed by atoms with Gasteiger partial charge in [-0.3, -0.25) is 9.59 Å². The molecule has 1 heterocycles. The molecule has 0 aromatic heterocycles. The molecule has 2 aliphatic rings. The molecule has 33 heavy (non-hydrogen) atoms. The second kappa shape index (κ2) is 10.1. The lowest BCUT2D eigenvalue weighted by molar-refractivity contribution is -0.123. The van der Waals surface area contributed by atoms with Gasteiger partial charge in [-0.05, 0) is 73.8 Å². The maximum atomic E-state index is 13.2. The maximum Gasteiger partial charge on any atom is 0.241 e. The van der Waals surface area contributed by atoms with Gasteiger partial charge in [0.05, 0.1) is 4.90 Å². The molecule has 0 spiro atoms. The number of fused-ring (bicyclic) bond motifs is 1. The summed E-state index contributed by atoms with van der Waals surface area (Å²) in [6.45, 7) is 2.22. The van der Waals surface area contributed by atoms with E-state index in [-0.39, 0.29) is 29.2 Å². The van der Waals surface area contributed by atoms with Crippen LogP contribution in [-0.2, 0) is 32.5 Å². The van der Waals surface area contributed by atoms with E-state index in [0.717, 1.165) is 36.8 Å². The summed E-state index contributed by atoms with van der Waals surface area (Å²) in [5, 5.41) is 5.84. The Bertz CT molecular complexity index is 1110. The molecule has 1 saturated carbocycles. The Labute approximate surface area is 195 Å². The second-order valence-electron chi connectivity index (χ2n) is 9.20. The standard InChI is InChI=1S/C25H31N3O4S/c1-17-7-10-20(11-8-17)26-25(30)23(15-18-5-3-2-4-6-18)28-33(31,32)21-12-13-22-19(16-21)9-14-24(29)27-22/h2-6,12-13,16-17,20,23,28H,7-11,14-15H2,1H3,(H,26,30)(H,27,29)/t17?,20?,23-/m1/s1. The highest BCUT2D eigenvalue weighted by Gasteiger charge is 2.29. The van der Waals surface area contributed by atoms with Crippen molar-refractivity contribution in [1.82, 2.24) is 10.0 Å². The molecule has 1 fully saturated rings. The minimum atomic E-state index is -3.94. The highest BCUT2D eigenvalue weighted by atomic mass is 32.2. The zero-order valence-electron chi connectivity index (χ0n) is 18.8. The zero-order chi connectivity index (χ0) is 23.4. The Balaban J connectivity index is 1.53. The molecule has 7 nitrogen and oxygen atoms in total. The quantitative estimate of drug-likeness (QED) is 0.579. The van der Waals surface area contributed by atoms with Crippen LogP contribution in [-0.4, -0.2) is 32.3 Å². The van der Waals surface area contributed by atoms with E-state index in [4.69, 9.17) is 0 Å². The molecule has 176 valence electrons. The van der Waals surface area contributed by atoms with Crippen molar-refractivity contribution < 1.29 is 18.0 Å². The van der Waals surface area contributed by atoms with Crippen LogP contribution < -0.4 is 15.4 Å². The van der Waals surface area contributed by atoms with E-state index in [9.17, 15) is 18.0 Å². The Morgan fingerprint density at radius 3 is 2.52 bits per heavy atom. The number of nitrogens with one attached hydrogen (secondary N) is 3. The minimum Gasteiger partial charge on any atom is -0.352 e. The van der Waals surface area contributed by atoms with Gasteiger partial charge in [-0.1, -0.05) is 37.3 Å². The van der Waals surface area contributed by atoms with Crippen LogP contribution in [0.25, 0.3) is 0 Å². The van der Waals surface area contributed by atoms with E-state index in [1.165, 1.54) is 6.07 Å². The lowest BCUT2D eigenvalue weighted by Gasteiger charge is -2.29. The van der Waals surface area contributed by atoms with Crippen LogP contribution in [0.15, 0.2) is 53.4 Å².